The summed E-state index contributed by atoms with van der Waals surface area (Å²) in [5.74, 6) is 0.796. The van der Waals surface area contributed by atoms with Crippen LogP contribution in [0.5, 0.6) is 0 Å². The van der Waals surface area contributed by atoms with Crippen LogP contribution in [0.25, 0.3) is 11.1 Å². The van der Waals surface area contributed by atoms with Gasteiger partial charge in [0, 0.05) is 23.9 Å². The summed E-state index contributed by atoms with van der Waals surface area (Å²) in [6, 6.07) is 7.81. The van der Waals surface area contributed by atoms with Gasteiger partial charge in [-0.2, -0.15) is 0 Å². The summed E-state index contributed by atoms with van der Waals surface area (Å²) in [7, 11) is 0. The predicted octanol–water partition coefficient (Wildman–Crippen LogP) is 4.12. The van der Waals surface area contributed by atoms with Crippen molar-refractivity contribution in [1.29, 1.82) is 0 Å². The molecule has 0 saturated heterocycles. The Bertz CT molecular complexity index is 683. The molecule has 1 aromatic heterocycles. The van der Waals surface area contributed by atoms with Crippen molar-refractivity contribution in [3.05, 3.63) is 40.6 Å². The largest absolute Gasteiger partial charge is 0.300 e. The number of hydrazine groups is 2. The Morgan fingerprint density at radius 2 is 2.05 bits per heavy atom. The van der Waals surface area contributed by atoms with Gasteiger partial charge in [0.15, 0.2) is 0 Å². The maximum absolute atomic E-state index is 6.56. The molecular weight excluding hydrogens is 307 g/mol. The van der Waals surface area contributed by atoms with E-state index in [0.717, 1.165) is 35.0 Å². The normalized spacial score (nSPS) is 16.8. The van der Waals surface area contributed by atoms with Crippen molar-refractivity contribution in [2.75, 3.05) is 17.0 Å². The van der Waals surface area contributed by atoms with Crippen molar-refractivity contribution >= 4 is 34.6 Å². The molecule has 6 heteroatoms. The van der Waals surface area contributed by atoms with Gasteiger partial charge in [-0.25, -0.2) is 4.98 Å². The second kappa shape index (κ2) is 5.05. The van der Waals surface area contributed by atoms with Crippen LogP contribution in [0.15, 0.2) is 30.5 Å². The summed E-state index contributed by atoms with van der Waals surface area (Å²) in [4.78, 5) is 4.11. The number of nitrogens with one attached hydrogen (secondary N) is 2. The number of hydrogen-bond donors (Lipinski definition) is 2. The molecule has 2 aliphatic rings. The van der Waals surface area contributed by atoms with Gasteiger partial charge in [0.25, 0.3) is 0 Å². The summed E-state index contributed by atoms with van der Waals surface area (Å²) < 4.78 is 0. The van der Waals surface area contributed by atoms with Gasteiger partial charge in [-0.1, -0.05) is 29.3 Å². The number of anilines is 2. The van der Waals surface area contributed by atoms with Crippen LogP contribution in [-0.2, 0) is 0 Å². The van der Waals surface area contributed by atoms with Gasteiger partial charge in [-0.3, -0.25) is 5.01 Å². The van der Waals surface area contributed by atoms with Gasteiger partial charge in [-0.05, 0) is 37.0 Å². The van der Waals surface area contributed by atoms with Crippen LogP contribution in [0.2, 0.25) is 10.2 Å². The quantitative estimate of drug-likeness (QED) is 0.835. The van der Waals surface area contributed by atoms with Gasteiger partial charge in [-0.15, -0.1) is 5.53 Å². The lowest BCUT2D eigenvalue weighted by molar-refractivity contribution is 0.674. The predicted molar refractivity (Wildman–Crippen MR) is 86.5 cm³/mol. The van der Waals surface area contributed by atoms with E-state index in [1.165, 1.54) is 12.8 Å². The number of hydrogen-bond acceptors (Lipinski definition) is 4. The highest BCUT2D eigenvalue weighted by atomic mass is 35.5. The molecular formula is C15H14Cl2N4. The Labute approximate surface area is 133 Å². The molecule has 108 valence electrons. The molecule has 0 bridgehead atoms. The smallest absolute Gasteiger partial charge is 0.129 e. The molecule has 0 unspecified atom stereocenters. The highest BCUT2D eigenvalue weighted by Crippen LogP contribution is 2.43. The first-order valence-electron chi connectivity index (χ1n) is 6.96. The van der Waals surface area contributed by atoms with Gasteiger partial charge >= 0.3 is 0 Å². The molecule has 1 aliphatic carbocycles. The monoisotopic (exact) mass is 320 g/mol. The lowest BCUT2D eigenvalue weighted by Crippen LogP contribution is -2.37. The van der Waals surface area contributed by atoms with E-state index < -0.39 is 0 Å². The van der Waals surface area contributed by atoms with E-state index in [4.69, 9.17) is 23.2 Å². The first-order chi connectivity index (χ1) is 10.2. The van der Waals surface area contributed by atoms with Crippen LogP contribution in [0.4, 0.5) is 11.4 Å². The summed E-state index contributed by atoms with van der Waals surface area (Å²) >= 11 is 12.4. The van der Waals surface area contributed by atoms with Crippen LogP contribution in [-0.4, -0.2) is 11.5 Å². The van der Waals surface area contributed by atoms with Crippen molar-refractivity contribution < 1.29 is 0 Å². The number of benzene rings is 1. The Hall–Kier alpha value is -1.49. The highest BCUT2D eigenvalue weighted by Gasteiger charge is 2.29. The average molecular weight is 321 g/mol. The first-order valence-corrected chi connectivity index (χ1v) is 7.71. The van der Waals surface area contributed by atoms with Gasteiger partial charge in [0.2, 0.25) is 0 Å². The maximum Gasteiger partial charge on any atom is 0.129 e. The van der Waals surface area contributed by atoms with E-state index in [-0.39, 0.29) is 0 Å². The second-order valence-electron chi connectivity index (χ2n) is 5.48. The van der Waals surface area contributed by atoms with E-state index in [0.29, 0.717) is 10.2 Å². The van der Waals surface area contributed by atoms with Gasteiger partial charge in [0.05, 0.1) is 16.4 Å². The number of rotatable bonds is 3. The van der Waals surface area contributed by atoms with Crippen molar-refractivity contribution in [3.8, 4) is 11.1 Å². The highest BCUT2D eigenvalue weighted by molar-refractivity contribution is 6.37. The van der Waals surface area contributed by atoms with E-state index in [1.807, 2.05) is 12.1 Å². The minimum Gasteiger partial charge on any atom is -0.300 e. The third-order valence-electron chi connectivity index (χ3n) is 3.90. The second-order valence-corrected chi connectivity index (χ2v) is 6.25. The van der Waals surface area contributed by atoms with Crippen molar-refractivity contribution in [2.24, 2.45) is 5.92 Å². The topological polar surface area (TPSA) is 40.2 Å². The Balaban J connectivity index is 1.70. The van der Waals surface area contributed by atoms with Crippen LogP contribution in [0.3, 0.4) is 0 Å². The van der Waals surface area contributed by atoms with Crippen molar-refractivity contribution in [3.63, 3.8) is 0 Å². The number of nitrogens with zero attached hydrogens (tertiary/aromatic N) is 2. The summed E-state index contributed by atoms with van der Waals surface area (Å²) in [6.45, 7) is 1.01. The van der Waals surface area contributed by atoms with Gasteiger partial charge in [0.1, 0.15) is 5.15 Å². The minimum absolute atomic E-state index is 0.478. The molecule has 1 saturated carbocycles. The lowest BCUT2D eigenvalue weighted by Gasteiger charge is -2.17. The molecule has 21 heavy (non-hydrogen) atoms. The van der Waals surface area contributed by atoms with Crippen LogP contribution in [0, 0.1) is 5.92 Å². The molecule has 1 aliphatic heterocycles. The summed E-state index contributed by atoms with van der Waals surface area (Å²) in [5, 5.41) is 3.30. The standard InChI is InChI=1S/C15H14Cl2N4/c16-13-6-3-10(7-18-13)11-4-5-12-15(14(11)17)19-20-21(12)8-9-1-2-9/h3-7,9,19-20H,1-2,8H2. The van der Waals surface area contributed by atoms with Crippen molar-refractivity contribution in [1.82, 2.24) is 10.5 Å². The number of aromatic nitrogens is 1. The Kier molecular flexibility index (Phi) is 3.17. The zero-order chi connectivity index (χ0) is 14.4. The van der Waals surface area contributed by atoms with E-state index >= 15 is 0 Å². The fraction of sp³-hybridized carbons (Fsp3) is 0.267. The van der Waals surface area contributed by atoms with Crippen LogP contribution < -0.4 is 16.0 Å². The fourth-order valence-corrected chi connectivity index (χ4v) is 2.98. The molecule has 2 aromatic rings. The molecule has 4 nitrogen and oxygen atoms in total. The molecule has 2 N–H and O–H groups in total. The molecule has 0 radical (unpaired) electrons. The summed E-state index contributed by atoms with van der Waals surface area (Å²) in [6.07, 6.45) is 4.37. The minimum atomic E-state index is 0.478. The number of halogens is 2. The van der Waals surface area contributed by atoms with Crippen LogP contribution >= 0.6 is 23.2 Å². The number of pyridine rings is 1. The SMILES string of the molecule is Clc1ccc(-c2ccc3c(c2Cl)NNN3CC2CC2)cn1. The van der Waals surface area contributed by atoms with Crippen molar-refractivity contribution in [2.45, 2.75) is 12.8 Å². The first kappa shape index (κ1) is 13.2. The average Bonchev–Trinajstić information content (AvgIpc) is 3.20. The molecule has 0 spiro atoms. The molecule has 1 aromatic carbocycles. The van der Waals surface area contributed by atoms with E-state index in [1.54, 1.807) is 12.3 Å². The number of fused-ring (bicyclic) bond motifs is 1. The maximum atomic E-state index is 6.56. The van der Waals surface area contributed by atoms with Crippen LogP contribution in [0.1, 0.15) is 12.8 Å². The Morgan fingerprint density at radius 1 is 1.19 bits per heavy atom. The van der Waals surface area contributed by atoms with Gasteiger partial charge < -0.3 is 5.43 Å². The third-order valence-corrected chi connectivity index (χ3v) is 4.52. The molecule has 0 atom stereocenters. The van der Waals surface area contributed by atoms with E-state index in [9.17, 15) is 0 Å². The third kappa shape index (κ3) is 2.44. The molecule has 4 rings (SSSR count). The fourth-order valence-electron chi connectivity index (χ4n) is 2.55. The zero-order valence-electron chi connectivity index (χ0n) is 11.2. The van der Waals surface area contributed by atoms with E-state index in [2.05, 4.69) is 27.0 Å². The lowest BCUT2D eigenvalue weighted by atomic mass is 10.1. The molecule has 2 heterocycles. The molecule has 0 amide bonds. The summed E-state index contributed by atoms with van der Waals surface area (Å²) in [5.41, 5.74) is 10.3. The Morgan fingerprint density at radius 3 is 2.76 bits per heavy atom. The molecule has 1 fully saturated rings. The zero-order valence-corrected chi connectivity index (χ0v) is 12.7.